The molecule has 0 fully saturated rings. The summed E-state index contributed by atoms with van der Waals surface area (Å²) in [6.07, 6.45) is 2.13. The minimum atomic E-state index is 1.15. The average molecular weight is 500 g/mol. The third kappa shape index (κ3) is 3.12. The fourth-order valence-electron chi connectivity index (χ4n) is 6.57. The van der Waals surface area contributed by atoms with Crippen LogP contribution in [0.5, 0.6) is 0 Å². The summed E-state index contributed by atoms with van der Waals surface area (Å²) in [6, 6.07) is 44.6. The molecule has 2 heteroatoms. The smallest absolute Gasteiger partial charge is 0.237 e. The highest BCUT2D eigenvalue weighted by Gasteiger charge is 2.27. The number of hydrogen-bond donors (Lipinski definition) is 0. The molecule has 0 aliphatic heterocycles. The largest absolute Gasteiger partial charge is 0.286 e. The van der Waals surface area contributed by atoms with E-state index in [4.69, 9.17) is 0 Å². The van der Waals surface area contributed by atoms with Crippen molar-refractivity contribution in [2.45, 2.75) is 6.92 Å². The van der Waals surface area contributed by atoms with Gasteiger partial charge in [-0.3, -0.25) is 0 Å². The van der Waals surface area contributed by atoms with Gasteiger partial charge in [0.15, 0.2) is 0 Å². The minimum Gasteiger partial charge on any atom is -0.237 e. The third-order valence-electron chi connectivity index (χ3n) is 8.33. The highest BCUT2D eigenvalue weighted by atomic mass is 15.1. The van der Waals surface area contributed by atoms with Gasteiger partial charge in [0.25, 0.3) is 5.82 Å². The van der Waals surface area contributed by atoms with Gasteiger partial charge in [-0.05, 0) is 81.3 Å². The average Bonchev–Trinajstić information content (AvgIpc) is 3.30. The van der Waals surface area contributed by atoms with Crippen molar-refractivity contribution in [3.05, 3.63) is 133 Å². The van der Waals surface area contributed by atoms with Crippen LogP contribution >= 0.6 is 0 Å². The summed E-state index contributed by atoms with van der Waals surface area (Å²) in [5.74, 6) is 1.15. The van der Waals surface area contributed by atoms with E-state index in [1.54, 1.807) is 0 Å². The topological polar surface area (TPSA) is 8.81 Å². The highest BCUT2D eigenvalue weighted by molar-refractivity contribution is 6.15. The zero-order valence-corrected chi connectivity index (χ0v) is 22.0. The first-order chi connectivity index (χ1) is 19.2. The Hall–Kier alpha value is -4.95. The van der Waals surface area contributed by atoms with Gasteiger partial charge in [-0.2, -0.15) is 4.57 Å². The van der Waals surface area contributed by atoms with E-state index in [-0.39, 0.29) is 0 Å². The van der Waals surface area contributed by atoms with Crippen LogP contribution in [0.3, 0.4) is 0 Å². The van der Waals surface area contributed by atoms with Crippen molar-refractivity contribution >= 4 is 21.8 Å². The summed E-state index contributed by atoms with van der Waals surface area (Å²) < 4.78 is 4.66. The molecule has 0 saturated heterocycles. The second-order valence-corrected chi connectivity index (χ2v) is 10.5. The van der Waals surface area contributed by atoms with Crippen LogP contribution in [0.25, 0.3) is 72.1 Å². The molecule has 1 aliphatic carbocycles. The summed E-state index contributed by atoms with van der Waals surface area (Å²) in [5, 5.41) is 2.56. The Labute approximate surface area is 228 Å². The van der Waals surface area contributed by atoms with E-state index < -0.39 is 0 Å². The number of nitrogens with zero attached hydrogens (tertiary/aromatic N) is 2. The van der Waals surface area contributed by atoms with E-state index in [1.807, 2.05) is 0 Å². The summed E-state index contributed by atoms with van der Waals surface area (Å²) in [4.78, 5) is 0. The Morgan fingerprint density at radius 3 is 1.56 bits per heavy atom. The fraction of sp³-hybridized carbons (Fsp3) is 0.0541. The molecule has 2 heterocycles. The molecule has 2 nitrogen and oxygen atoms in total. The maximum Gasteiger partial charge on any atom is 0.286 e. The quantitative estimate of drug-likeness (QED) is 0.199. The van der Waals surface area contributed by atoms with Crippen LogP contribution in [-0.4, -0.2) is 4.57 Å². The molecule has 39 heavy (non-hydrogen) atoms. The van der Waals surface area contributed by atoms with E-state index in [9.17, 15) is 0 Å². The predicted molar refractivity (Wildman–Crippen MR) is 162 cm³/mol. The fourth-order valence-corrected chi connectivity index (χ4v) is 6.57. The first-order valence-corrected chi connectivity index (χ1v) is 13.5. The van der Waals surface area contributed by atoms with Gasteiger partial charge in [0, 0.05) is 16.8 Å². The lowest BCUT2D eigenvalue weighted by Crippen LogP contribution is -2.33. The Kier molecular flexibility index (Phi) is 4.68. The van der Waals surface area contributed by atoms with Crippen LogP contribution in [0.15, 0.2) is 128 Å². The number of fused-ring (bicyclic) bond motifs is 11. The maximum absolute atomic E-state index is 2.45. The molecule has 0 spiro atoms. The van der Waals surface area contributed by atoms with Gasteiger partial charge < -0.3 is 0 Å². The lowest BCUT2D eigenvalue weighted by atomic mass is 9.80. The van der Waals surface area contributed by atoms with Crippen LogP contribution in [0.1, 0.15) is 5.56 Å². The molecule has 0 saturated carbocycles. The van der Waals surface area contributed by atoms with E-state index in [0.717, 1.165) is 5.82 Å². The molecule has 1 aliphatic rings. The molecule has 2 aromatic heterocycles. The van der Waals surface area contributed by atoms with E-state index in [0.29, 0.717) is 0 Å². The Balaban J connectivity index is 1.60. The highest BCUT2D eigenvalue weighted by Crippen LogP contribution is 2.49. The van der Waals surface area contributed by atoms with Gasteiger partial charge in [0.2, 0.25) is 0 Å². The summed E-state index contributed by atoms with van der Waals surface area (Å²) in [5.41, 5.74) is 13.9. The lowest BCUT2D eigenvalue weighted by molar-refractivity contribution is -0.665. The molecular weight excluding hydrogens is 472 g/mol. The van der Waals surface area contributed by atoms with E-state index in [2.05, 4.69) is 151 Å². The van der Waals surface area contributed by atoms with Crippen LogP contribution in [0, 0.1) is 6.92 Å². The van der Waals surface area contributed by atoms with Crippen LogP contribution in [0.4, 0.5) is 0 Å². The van der Waals surface area contributed by atoms with E-state index >= 15 is 0 Å². The first kappa shape index (κ1) is 22.1. The van der Waals surface area contributed by atoms with Crippen molar-refractivity contribution in [2.75, 3.05) is 0 Å². The second kappa shape index (κ2) is 8.28. The number of benzene rings is 5. The van der Waals surface area contributed by atoms with Crippen molar-refractivity contribution in [3.63, 3.8) is 0 Å². The van der Waals surface area contributed by atoms with Gasteiger partial charge in [0.1, 0.15) is 11.0 Å². The molecule has 0 unspecified atom stereocenters. The second-order valence-electron chi connectivity index (χ2n) is 10.5. The Morgan fingerprint density at radius 1 is 0.487 bits per heavy atom. The van der Waals surface area contributed by atoms with Gasteiger partial charge in [-0.25, -0.2) is 4.57 Å². The minimum absolute atomic E-state index is 1.15. The zero-order valence-electron chi connectivity index (χ0n) is 22.0. The molecule has 0 atom stereocenters. The molecule has 0 amide bonds. The van der Waals surface area contributed by atoms with Crippen molar-refractivity contribution < 1.29 is 4.57 Å². The van der Waals surface area contributed by atoms with Crippen LogP contribution in [0.2, 0.25) is 0 Å². The van der Waals surface area contributed by atoms with E-state index in [1.165, 1.54) is 71.9 Å². The van der Waals surface area contributed by atoms with Crippen LogP contribution in [-0.2, 0) is 7.05 Å². The lowest BCUT2D eigenvalue weighted by Gasteiger charge is -2.23. The summed E-state index contributed by atoms with van der Waals surface area (Å²) in [6.45, 7) is 2.22. The normalized spacial score (nSPS) is 11.8. The number of pyridine rings is 1. The first-order valence-electron chi connectivity index (χ1n) is 13.5. The van der Waals surface area contributed by atoms with Crippen molar-refractivity contribution in [2.24, 2.45) is 7.05 Å². The Morgan fingerprint density at radius 2 is 1.00 bits per heavy atom. The van der Waals surface area contributed by atoms with Gasteiger partial charge in [0.05, 0.1) is 13.2 Å². The summed E-state index contributed by atoms with van der Waals surface area (Å²) in [7, 11) is 2.13. The molecule has 7 aromatic rings. The molecular formula is C37H27N2+. The SMILES string of the molecule is Cc1cccc2c3cc4c(cc3n(-c3cccc[n+]3C)c12)-c1ccccc1-c1ccccc1-c1ccccc1-4. The standard InChI is InChI=1S/C37H27N2/c1-24-12-11-19-31-34-22-32-29-17-7-5-15-27(29)25-13-3-4-14-26(25)28-16-6-8-18-30(28)33(32)23-35(34)39(37(24)31)36-20-9-10-21-38(36)2/h3-23H,1-2H3/q+1. The van der Waals surface area contributed by atoms with Crippen LogP contribution < -0.4 is 4.57 Å². The summed E-state index contributed by atoms with van der Waals surface area (Å²) >= 11 is 0. The number of aryl methyl sites for hydroxylation is 2. The van der Waals surface area contributed by atoms with Crippen molar-refractivity contribution in [1.29, 1.82) is 0 Å². The van der Waals surface area contributed by atoms with Gasteiger partial charge in [-0.1, -0.05) is 91.0 Å². The number of aromatic nitrogens is 2. The molecule has 5 aromatic carbocycles. The number of rotatable bonds is 1. The number of para-hydroxylation sites is 1. The predicted octanol–water partition coefficient (Wildman–Crippen LogP) is 8.90. The molecule has 0 bridgehead atoms. The zero-order chi connectivity index (χ0) is 26.1. The molecule has 0 radical (unpaired) electrons. The van der Waals surface area contributed by atoms with Crippen molar-refractivity contribution in [3.8, 4) is 50.3 Å². The van der Waals surface area contributed by atoms with Crippen molar-refractivity contribution in [1.82, 2.24) is 4.57 Å². The molecule has 8 rings (SSSR count). The molecule has 0 N–H and O–H groups in total. The maximum atomic E-state index is 2.45. The Bertz CT molecular complexity index is 2090. The third-order valence-corrected chi connectivity index (χ3v) is 8.33. The monoisotopic (exact) mass is 499 g/mol. The molecule has 184 valence electrons. The van der Waals surface area contributed by atoms with Gasteiger partial charge >= 0.3 is 0 Å². The number of hydrogen-bond acceptors (Lipinski definition) is 0. The van der Waals surface area contributed by atoms with Gasteiger partial charge in [-0.15, -0.1) is 0 Å².